The Labute approximate surface area is 242 Å². The van der Waals surface area contributed by atoms with Crippen LogP contribution in [0.25, 0.3) is 33.1 Å². The van der Waals surface area contributed by atoms with E-state index in [-0.39, 0.29) is 23.9 Å². The molecule has 1 saturated carbocycles. The molecule has 0 unspecified atom stereocenters. The highest BCUT2D eigenvalue weighted by Crippen LogP contribution is 2.39. The summed E-state index contributed by atoms with van der Waals surface area (Å²) in [4.78, 5) is 37.4. The summed E-state index contributed by atoms with van der Waals surface area (Å²) in [5.74, 6) is 0.342. The van der Waals surface area contributed by atoms with Crippen LogP contribution in [0.2, 0.25) is 0 Å². The number of ether oxygens (including phenoxy) is 1. The minimum Gasteiger partial charge on any atom is -0.383 e. The molecule has 0 radical (unpaired) electrons. The number of anilines is 2. The molecule has 2 aliphatic rings. The van der Waals surface area contributed by atoms with Crippen LogP contribution in [0.5, 0.6) is 0 Å². The van der Waals surface area contributed by atoms with Crippen molar-refractivity contribution in [1.82, 2.24) is 25.1 Å². The van der Waals surface area contributed by atoms with Crippen molar-refractivity contribution in [3.8, 4) is 11.3 Å². The molecule has 4 N–H and O–H groups in total. The highest BCUT2D eigenvalue weighted by Gasteiger charge is 2.29. The van der Waals surface area contributed by atoms with Crippen molar-refractivity contribution in [2.75, 3.05) is 24.3 Å². The minimum absolute atomic E-state index is 0.000774. The Hall–Kier alpha value is -5.08. The van der Waals surface area contributed by atoms with Gasteiger partial charge in [-0.2, -0.15) is 5.10 Å². The van der Waals surface area contributed by atoms with E-state index in [0.29, 0.717) is 48.2 Å². The molecule has 42 heavy (non-hydrogen) atoms. The van der Waals surface area contributed by atoms with E-state index in [9.17, 15) is 9.59 Å². The number of amides is 2. The topological polar surface area (TPSA) is 141 Å². The molecule has 11 heteroatoms. The van der Waals surface area contributed by atoms with Gasteiger partial charge in [-0.05, 0) is 49.9 Å². The van der Waals surface area contributed by atoms with Crippen LogP contribution in [-0.4, -0.2) is 50.8 Å². The lowest BCUT2D eigenvalue weighted by Gasteiger charge is -2.30. The summed E-state index contributed by atoms with van der Waals surface area (Å²) < 4.78 is 7.70. The Morgan fingerprint density at radius 1 is 1.19 bits per heavy atom. The lowest BCUT2D eigenvalue weighted by molar-refractivity contribution is -0.123. The number of fused-ring (bicyclic) bond motifs is 3. The van der Waals surface area contributed by atoms with Crippen molar-refractivity contribution in [3.05, 3.63) is 77.4 Å². The zero-order chi connectivity index (χ0) is 29.1. The lowest BCUT2D eigenvalue weighted by atomic mass is 9.90. The van der Waals surface area contributed by atoms with Gasteiger partial charge in [0.2, 0.25) is 5.91 Å². The second kappa shape index (κ2) is 11.8. The summed E-state index contributed by atoms with van der Waals surface area (Å²) >= 11 is 0. The fourth-order valence-corrected chi connectivity index (χ4v) is 5.64. The van der Waals surface area contributed by atoms with Gasteiger partial charge in [-0.3, -0.25) is 14.3 Å². The molecule has 4 aromatic rings. The van der Waals surface area contributed by atoms with Gasteiger partial charge in [-0.15, -0.1) is 0 Å². The Kier molecular flexibility index (Phi) is 7.62. The number of carbonyl (C=O) groups excluding carboxylic acids is 2. The first-order valence-corrected chi connectivity index (χ1v) is 14.0. The van der Waals surface area contributed by atoms with E-state index in [1.165, 1.54) is 12.3 Å². The van der Waals surface area contributed by atoms with Gasteiger partial charge >= 0.3 is 0 Å². The van der Waals surface area contributed by atoms with Crippen molar-refractivity contribution in [3.63, 3.8) is 0 Å². The van der Waals surface area contributed by atoms with E-state index >= 15 is 0 Å². The van der Waals surface area contributed by atoms with Crippen LogP contribution >= 0.6 is 0 Å². The number of carbonyl (C=O) groups is 2. The van der Waals surface area contributed by atoms with Gasteiger partial charge in [0.1, 0.15) is 17.3 Å². The number of hydrogen-bond donors (Lipinski definition) is 3. The van der Waals surface area contributed by atoms with Gasteiger partial charge in [0.25, 0.3) is 5.91 Å². The first-order chi connectivity index (χ1) is 20.5. The first-order valence-electron chi connectivity index (χ1n) is 14.0. The smallest absolute Gasteiger partial charge is 0.256 e. The van der Waals surface area contributed by atoms with E-state index in [2.05, 4.69) is 25.4 Å². The molecule has 4 heterocycles. The lowest BCUT2D eigenvalue weighted by Crippen LogP contribution is -2.39. The Morgan fingerprint density at radius 3 is 2.88 bits per heavy atom. The molecule has 0 spiro atoms. The molecule has 212 valence electrons. The molecular formula is C31H30N8O3. The second-order valence-electron chi connectivity index (χ2n) is 10.5. The second-order valence-corrected chi connectivity index (χ2v) is 10.5. The highest BCUT2D eigenvalue weighted by molar-refractivity contribution is 6.06. The number of pyridine rings is 2. The molecule has 2 atom stereocenters. The van der Waals surface area contributed by atoms with Gasteiger partial charge < -0.3 is 21.1 Å². The van der Waals surface area contributed by atoms with Gasteiger partial charge in [-0.25, -0.2) is 14.8 Å². The number of hydrogen-bond acceptors (Lipinski definition) is 7. The number of benzene rings is 1. The van der Waals surface area contributed by atoms with Crippen LogP contribution in [-0.2, 0) is 9.53 Å². The molecular weight excluding hydrogens is 532 g/mol. The highest BCUT2D eigenvalue weighted by atomic mass is 16.5. The van der Waals surface area contributed by atoms with Crippen LogP contribution < -0.4 is 16.4 Å². The van der Waals surface area contributed by atoms with E-state index in [4.69, 9.17) is 22.1 Å². The molecule has 11 nitrogen and oxygen atoms in total. The Balaban J connectivity index is 1.38. The van der Waals surface area contributed by atoms with Crippen LogP contribution in [0.1, 0.15) is 54.1 Å². The largest absolute Gasteiger partial charge is 0.383 e. The fraction of sp³-hybridized carbons (Fsp3) is 0.290. The van der Waals surface area contributed by atoms with Crippen molar-refractivity contribution >= 4 is 46.1 Å². The summed E-state index contributed by atoms with van der Waals surface area (Å²) in [5.41, 5.74) is 10.6. The third kappa shape index (κ3) is 5.57. The molecule has 1 aliphatic heterocycles. The predicted molar refractivity (Wildman–Crippen MR) is 160 cm³/mol. The number of aromatic nitrogens is 4. The Morgan fingerprint density at radius 2 is 2.05 bits per heavy atom. The standard InChI is InChI=1S/C31H30N8O3/c1-33-22-11-13-34-25(17-22)37-31(41)20-9-7-19(8-10-20)28-27-29-21(18-35-30(27)32)4-3-14-42-15-12-26(40)36-23-5-2-6-24(16-23)39(29)38-28/h3-4,7-11,13,17-18,23-24H,2,5-6,12,14-16H2,(H2,32,35)(H,36,40)(H,34,37,41)/b4-3+/t23-,24-/m1/s1. The first kappa shape index (κ1) is 27.1. The summed E-state index contributed by atoms with van der Waals surface area (Å²) in [6, 6.07) is 10.4. The maximum Gasteiger partial charge on any atom is 0.256 e. The maximum atomic E-state index is 12.9. The summed E-state index contributed by atoms with van der Waals surface area (Å²) in [7, 11) is 0. The fourth-order valence-electron chi connectivity index (χ4n) is 5.64. The quantitative estimate of drug-likeness (QED) is 0.301. The monoisotopic (exact) mass is 562 g/mol. The molecule has 3 aromatic heterocycles. The summed E-state index contributed by atoms with van der Waals surface area (Å²) in [6.07, 6.45) is 11.0. The number of rotatable bonds is 3. The van der Waals surface area contributed by atoms with Crippen molar-refractivity contribution in [2.24, 2.45) is 0 Å². The predicted octanol–water partition coefficient (Wildman–Crippen LogP) is 4.91. The average molecular weight is 563 g/mol. The number of nitrogen functional groups attached to an aromatic ring is 1. The van der Waals surface area contributed by atoms with Crippen molar-refractivity contribution < 1.29 is 14.3 Å². The molecule has 6 rings (SSSR count). The zero-order valence-corrected chi connectivity index (χ0v) is 22.9. The molecule has 1 fully saturated rings. The van der Waals surface area contributed by atoms with Crippen LogP contribution in [0.3, 0.4) is 0 Å². The third-order valence-electron chi connectivity index (χ3n) is 7.66. The summed E-state index contributed by atoms with van der Waals surface area (Å²) in [5, 5.41) is 11.8. The minimum atomic E-state index is -0.338. The van der Waals surface area contributed by atoms with Gasteiger partial charge in [0, 0.05) is 41.5 Å². The third-order valence-corrected chi connectivity index (χ3v) is 7.66. The number of nitrogens with zero attached hydrogens (tertiary/aromatic N) is 5. The van der Waals surface area contributed by atoms with E-state index in [0.717, 1.165) is 47.7 Å². The van der Waals surface area contributed by atoms with E-state index < -0.39 is 0 Å². The summed E-state index contributed by atoms with van der Waals surface area (Å²) in [6.45, 7) is 7.90. The molecule has 1 aromatic carbocycles. The number of nitrogens with two attached hydrogens (primary N) is 1. The van der Waals surface area contributed by atoms with Crippen LogP contribution in [0.4, 0.5) is 17.3 Å². The average Bonchev–Trinajstić information content (AvgIpc) is 3.42. The molecule has 1 aliphatic carbocycles. The SMILES string of the molecule is [C-]#[N+]c1ccnc(NC(=O)c2ccc(-c3nn4c5c(cnc(N)c35)/C=C/COCCC(=O)N[C@@H]3CCC[C@@H]4C3)cc2)c1. The number of nitrogens with one attached hydrogen (secondary N) is 2. The van der Waals surface area contributed by atoms with Crippen LogP contribution in [0, 0.1) is 6.57 Å². The molecule has 2 amide bonds. The Bertz CT molecular complexity index is 1720. The van der Waals surface area contributed by atoms with E-state index in [1.807, 2.05) is 29.0 Å². The van der Waals surface area contributed by atoms with Crippen LogP contribution in [0.15, 0.2) is 54.9 Å². The maximum absolute atomic E-state index is 12.9. The van der Waals surface area contributed by atoms with Crippen molar-refractivity contribution in [1.29, 1.82) is 0 Å². The molecule has 0 saturated heterocycles. The normalized spacial score (nSPS) is 19.7. The van der Waals surface area contributed by atoms with Gasteiger partial charge in [-0.1, -0.05) is 24.3 Å². The van der Waals surface area contributed by atoms with Crippen molar-refractivity contribution in [2.45, 2.75) is 44.2 Å². The van der Waals surface area contributed by atoms with Gasteiger partial charge in [0.15, 0.2) is 5.69 Å². The van der Waals surface area contributed by atoms with E-state index in [1.54, 1.807) is 24.4 Å². The zero-order valence-electron chi connectivity index (χ0n) is 22.9. The molecule has 2 bridgehead atoms. The van der Waals surface area contributed by atoms with Gasteiger partial charge in [0.05, 0.1) is 36.7 Å².